The van der Waals surface area contributed by atoms with Gasteiger partial charge in [-0.1, -0.05) is 72.3 Å². The number of anilines is 2. The molecule has 0 atom stereocenters. The van der Waals surface area contributed by atoms with E-state index in [-0.39, 0.29) is 11.4 Å². The molecule has 2 N–H and O–H groups in total. The van der Waals surface area contributed by atoms with Crippen LogP contribution in [0.4, 0.5) is 37.7 Å². The molecule has 0 aliphatic carbocycles. The van der Waals surface area contributed by atoms with Crippen molar-refractivity contribution in [2.45, 2.75) is 19.3 Å². The Bertz CT molecular complexity index is 3130. The number of nitrogens with one attached hydrogen (secondary N) is 2. The van der Waals surface area contributed by atoms with Gasteiger partial charge in [-0.05, 0) is 101 Å². The Balaban J connectivity index is 0.000000184. The molecule has 0 radical (unpaired) electrons. The minimum atomic E-state index is -4.61. The van der Waals surface area contributed by atoms with Crippen molar-refractivity contribution < 1.29 is 43.2 Å². The molecule has 61 heavy (non-hydrogen) atoms. The first-order valence-corrected chi connectivity index (χ1v) is 21.9. The number of sulfonamides is 2. The van der Waals surface area contributed by atoms with Crippen LogP contribution in [0.25, 0.3) is 55.4 Å². The smallest absolute Gasteiger partial charge is 0.284 e. The Hall–Kier alpha value is -6.66. The minimum absolute atomic E-state index is 0.275. The van der Waals surface area contributed by atoms with Gasteiger partial charge < -0.3 is 0 Å². The maximum Gasteiger partial charge on any atom is 0.435 e. The van der Waals surface area contributed by atoms with Gasteiger partial charge in [0, 0.05) is 22.5 Å². The van der Waals surface area contributed by atoms with Crippen molar-refractivity contribution in [2.24, 2.45) is 0 Å². The standard InChI is InChI=1S/C22H18F3N3O2S.C21H16F3N3O2S/c1-14-3-4-16-12-17(6-5-15(16)11-14)20-13-21(22(23,24)25)26-28(20)19-9-7-18(8-10-19)27-31(2,29)30;1-30(28,29)26-17-8-10-18(11-9-17)27-19(13-20(25-27)21(22,23)24)16-7-6-14-4-2-3-5-15(14)12-16/h3-13,27H,1-2H3;2-13,26H,1H3. The molecule has 6 aromatic carbocycles. The number of rotatable bonds is 8. The van der Waals surface area contributed by atoms with Gasteiger partial charge >= 0.3 is 12.4 Å². The molecule has 18 heteroatoms. The highest BCUT2D eigenvalue weighted by atomic mass is 32.2. The average molecular weight is 877 g/mol. The molecule has 8 aromatic rings. The normalized spacial score (nSPS) is 12.3. The van der Waals surface area contributed by atoms with Crippen LogP contribution in [0.3, 0.4) is 0 Å². The van der Waals surface area contributed by atoms with Crippen LogP contribution < -0.4 is 9.44 Å². The first-order chi connectivity index (χ1) is 28.6. The molecule has 0 unspecified atom stereocenters. The van der Waals surface area contributed by atoms with Crippen LogP contribution in [-0.2, 0) is 32.4 Å². The fourth-order valence-corrected chi connectivity index (χ4v) is 7.62. The molecule has 0 aliphatic heterocycles. The van der Waals surface area contributed by atoms with E-state index in [4.69, 9.17) is 0 Å². The maximum absolute atomic E-state index is 13.4. The number of alkyl halides is 6. The van der Waals surface area contributed by atoms with Crippen LogP contribution in [0.15, 0.2) is 140 Å². The lowest BCUT2D eigenvalue weighted by Gasteiger charge is -2.10. The minimum Gasteiger partial charge on any atom is -0.284 e. The molecule has 0 saturated heterocycles. The Morgan fingerprint density at radius 2 is 0.852 bits per heavy atom. The second kappa shape index (κ2) is 16.1. The number of aryl methyl sites for hydroxylation is 1. The Kier molecular flexibility index (Phi) is 11.2. The van der Waals surface area contributed by atoms with Crippen molar-refractivity contribution in [2.75, 3.05) is 22.0 Å². The number of benzene rings is 6. The van der Waals surface area contributed by atoms with Gasteiger partial charge in [0.15, 0.2) is 11.4 Å². The van der Waals surface area contributed by atoms with Crippen LogP contribution in [0.2, 0.25) is 0 Å². The van der Waals surface area contributed by atoms with Gasteiger partial charge in [0.2, 0.25) is 20.0 Å². The summed E-state index contributed by atoms with van der Waals surface area (Å²) in [5.74, 6) is 0. The molecule has 8 rings (SSSR count). The average Bonchev–Trinajstić information content (AvgIpc) is 3.84. The van der Waals surface area contributed by atoms with E-state index in [0.29, 0.717) is 33.9 Å². The first kappa shape index (κ1) is 42.5. The second-order valence-electron chi connectivity index (χ2n) is 14.1. The number of aromatic nitrogens is 4. The summed E-state index contributed by atoms with van der Waals surface area (Å²) in [6, 6.07) is 38.2. The van der Waals surface area contributed by atoms with Gasteiger partial charge in [-0.15, -0.1) is 0 Å². The summed E-state index contributed by atoms with van der Waals surface area (Å²) in [6.07, 6.45) is -7.18. The number of halogens is 6. The van der Waals surface area contributed by atoms with Crippen LogP contribution in [0.1, 0.15) is 17.0 Å². The van der Waals surface area contributed by atoms with E-state index in [1.807, 2.05) is 73.7 Å². The highest BCUT2D eigenvalue weighted by molar-refractivity contribution is 7.92. The van der Waals surface area contributed by atoms with Gasteiger partial charge in [0.25, 0.3) is 0 Å². The quantitative estimate of drug-likeness (QED) is 0.146. The summed E-state index contributed by atoms with van der Waals surface area (Å²) in [6.45, 7) is 1.97. The van der Waals surface area contributed by atoms with Gasteiger partial charge in [0.05, 0.1) is 35.3 Å². The Morgan fingerprint density at radius 3 is 1.28 bits per heavy atom. The SMILES string of the molecule is CS(=O)(=O)Nc1ccc(-n2nc(C(F)(F)F)cc2-c2ccc3ccccc3c2)cc1.Cc1ccc2cc(-c3cc(C(F)(F)F)nn3-c3ccc(NS(C)(=O)=O)cc3)ccc2c1. The van der Waals surface area contributed by atoms with Crippen molar-refractivity contribution in [3.63, 3.8) is 0 Å². The third-order valence-corrected chi connectivity index (χ3v) is 10.4. The summed E-state index contributed by atoms with van der Waals surface area (Å²) in [5.41, 5.74) is 2.12. The molecular formula is C43H34F6N6O4S2. The van der Waals surface area contributed by atoms with E-state index in [1.165, 1.54) is 57.9 Å². The predicted molar refractivity (Wildman–Crippen MR) is 225 cm³/mol. The number of nitrogens with zero attached hydrogens (tertiary/aromatic N) is 4. The molecule has 10 nitrogen and oxygen atoms in total. The van der Waals surface area contributed by atoms with Crippen LogP contribution in [-0.4, -0.2) is 48.9 Å². The molecule has 0 amide bonds. The van der Waals surface area contributed by atoms with Crippen LogP contribution in [0.5, 0.6) is 0 Å². The summed E-state index contributed by atoms with van der Waals surface area (Å²) in [7, 11) is -6.93. The topological polar surface area (TPSA) is 128 Å². The van der Waals surface area contributed by atoms with Crippen molar-refractivity contribution in [3.05, 3.63) is 156 Å². The summed E-state index contributed by atoms with van der Waals surface area (Å²) < 4.78 is 133. The van der Waals surface area contributed by atoms with E-state index in [2.05, 4.69) is 19.6 Å². The van der Waals surface area contributed by atoms with Crippen molar-refractivity contribution >= 4 is 53.0 Å². The van der Waals surface area contributed by atoms with E-state index < -0.39 is 43.8 Å². The van der Waals surface area contributed by atoms with E-state index in [1.54, 1.807) is 12.1 Å². The third kappa shape index (κ3) is 10.2. The number of hydrogen-bond donors (Lipinski definition) is 2. The number of hydrogen-bond acceptors (Lipinski definition) is 6. The summed E-state index contributed by atoms with van der Waals surface area (Å²) in [5, 5.41) is 11.3. The van der Waals surface area contributed by atoms with Crippen LogP contribution >= 0.6 is 0 Å². The Morgan fingerprint density at radius 1 is 0.475 bits per heavy atom. The van der Waals surface area contributed by atoms with Crippen molar-refractivity contribution in [1.82, 2.24) is 19.6 Å². The molecule has 0 saturated carbocycles. The molecule has 314 valence electrons. The van der Waals surface area contributed by atoms with E-state index in [9.17, 15) is 43.2 Å². The first-order valence-electron chi connectivity index (χ1n) is 18.1. The van der Waals surface area contributed by atoms with Crippen molar-refractivity contribution in [1.29, 1.82) is 0 Å². The predicted octanol–water partition coefficient (Wildman–Crippen LogP) is 10.5. The van der Waals surface area contributed by atoms with Gasteiger partial charge in [-0.3, -0.25) is 9.44 Å². The highest BCUT2D eigenvalue weighted by Gasteiger charge is 2.36. The molecule has 0 spiro atoms. The molecule has 0 aliphatic rings. The molecular weight excluding hydrogens is 843 g/mol. The zero-order valence-corrected chi connectivity index (χ0v) is 33.9. The lowest BCUT2D eigenvalue weighted by atomic mass is 10.0. The van der Waals surface area contributed by atoms with E-state index in [0.717, 1.165) is 51.8 Å². The molecule has 0 fully saturated rings. The monoisotopic (exact) mass is 876 g/mol. The van der Waals surface area contributed by atoms with Crippen molar-refractivity contribution in [3.8, 4) is 33.9 Å². The van der Waals surface area contributed by atoms with Gasteiger partial charge in [-0.2, -0.15) is 36.5 Å². The third-order valence-electron chi connectivity index (χ3n) is 9.17. The fourth-order valence-electron chi connectivity index (χ4n) is 6.49. The summed E-state index contributed by atoms with van der Waals surface area (Å²) >= 11 is 0. The fraction of sp³-hybridized carbons (Fsp3) is 0.116. The van der Waals surface area contributed by atoms with E-state index >= 15 is 0 Å². The highest BCUT2D eigenvalue weighted by Crippen LogP contribution is 2.36. The second-order valence-corrected chi connectivity index (χ2v) is 17.6. The largest absolute Gasteiger partial charge is 0.435 e. The maximum atomic E-state index is 13.4. The lowest BCUT2D eigenvalue weighted by Crippen LogP contribution is -2.10. The molecule has 2 heterocycles. The lowest BCUT2D eigenvalue weighted by molar-refractivity contribution is -0.142. The summed E-state index contributed by atoms with van der Waals surface area (Å²) in [4.78, 5) is 0. The Labute approximate surface area is 346 Å². The van der Waals surface area contributed by atoms with Crippen LogP contribution in [0, 0.1) is 6.92 Å². The molecule has 2 aromatic heterocycles. The van der Waals surface area contributed by atoms with Gasteiger partial charge in [-0.25, -0.2) is 26.2 Å². The van der Waals surface area contributed by atoms with Gasteiger partial charge in [0.1, 0.15) is 0 Å². The zero-order chi connectivity index (χ0) is 43.9. The molecule has 0 bridgehead atoms. The number of fused-ring (bicyclic) bond motifs is 2. The zero-order valence-electron chi connectivity index (χ0n) is 32.3.